The van der Waals surface area contributed by atoms with Gasteiger partial charge in [0.05, 0.1) is 11.4 Å². The molecule has 5 rings (SSSR count). The van der Waals surface area contributed by atoms with Crippen LogP contribution in [0.15, 0.2) is 24.5 Å². The summed E-state index contributed by atoms with van der Waals surface area (Å²) in [7, 11) is 0. The van der Waals surface area contributed by atoms with E-state index in [2.05, 4.69) is 31.7 Å². The molecule has 2 fully saturated rings. The van der Waals surface area contributed by atoms with Gasteiger partial charge >= 0.3 is 0 Å². The molecule has 1 saturated heterocycles. The third-order valence-electron chi connectivity index (χ3n) is 4.83. The molecule has 0 bridgehead atoms. The minimum atomic E-state index is 0. The number of fused-ring (bicyclic) bond motifs is 1. The first-order valence-corrected chi connectivity index (χ1v) is 8.94. The number of imidazole rings is 1. The summed E-state index contributed by atoms with van der Waals surface area (Å²) in [5.41, 5.74) is 3.53. The van der Waals surface area contributed by atoms with Gasteiger partial charge in [-0.05, 0) is 49.9 Å². The van der Waals surface area contributed by atoms with Gasteiger partial charge in [0.2, 0.25) is 5.95 Å². The van der Waals surface area contributed by atoms with E-state index in [1.54, 1.807) is 6.20 Å². The van der Waals surface area contributed by atoms with Gasteiger partial charge in [0.1, 0.15) is 0 Å². The molecule has 2 aliphatic rings. The Morgan fingerprint density at radius 1 is 1.23 bits per heavy atom. The van der Waals surface area contributed by atoms with Crippen molar-refractivity contribution < 1.29 is 16.8 Å². The van der Waals surface area contributed by atoms with Crippen molar-refractivity contribution in [3.63, 3.8) is 0 Å². The number of nitrogens with one attached hydrogen (secondary N) is 2. The molecule has 1 saturated carbocycles. The van der Waals surface area contributed by atoms with E-state index in [1.807, 2.05) is 22.8 Å². The van der Waals surface area contributed by atoms with E-state index in [0.29, 0.717) is 17.9 Å². The third-order valence-corrected chi connectivity index (χ3v) is 4.83. The molecule has 4 heterocycles. The molecule has 2 N–H and O–H groups in total. The van der Waals surface area contributed by atoms with E-state index < -0.39 is 0 Å². The zero-order chi connectivity index (χ0) is 16.6. The maximum atomic E-state index is 4.73. The summed E-state index contributed by atoms with van der Waals surface area (Å²) in [5, 5.41) is 11.6. The number of nitrogens with zero attached hydrogens (tertiary/aromatic N) is 5. The summed E-state index contributed by atoms with van der Waals surface area (Å²) in [5.74, 6) is 1.21. The molecule has 0 spiro atoms. The molecule has 3 aromatic heterocycles. The molecule has 1 unspecified atom stereocenters. The summed E-state index contributed by atoms with van der Waals surface area (Å²) < 4.78 is 1.87. The third kappa shape index (κ3) is 3.44. The standard InChI is InChI=1S/C18H20N7.Co/c1-2-13(10-19-8-1)22-18-20-9-7-15(23-18)16-11-21-17-6-5-14(12-3-4-12)24-25(16)17;/h6-7,9,11-13,19H,1-4,8,10H2,(H,20,22,23);/q-1;. The van der Waals surface area contributed by atoms with Crippen molar-refractivity contribution in [3.05, 3.63) is 36.3 Å². The Labute approximate surface area is 162 Å². The van der Waals surface area contributed by atoms with Crippen molar-refractivity contribution >= 4 is 11.6 Å². The summed E-state index contributed by atoms with van der Waals surface area (Å²) in [6.07, 6.45) is 8.33. The Kier molecular flexibility index (Phi) is 4.88. The molecule has 26 heavy (non-hydrogen) atoms. The molecule has 1 radical (unpaired) electrons. The van der Waals surface area contributed by atoms with E-state index >= 15 is 0 Å². The normalized spacial score (nSPS) is 19.9. The number of hydrogen-bond acceptors (Lipinski definition) is 6. The molecule has 0 aromatic carbocycles. The number of aromatic nitrogens is 5. The van der Waals surface area contributed by atoms with Crippen molar-refractivity contribution in [2.45, 2.75) is 37.6 Å². The molecule has 7 nitrogen and oxygen atoms in total. The summed E-state index contributed by atoms with van der Waals surface area (Å²) in [6.45, 7) is 2.04. The van der Waals surface area contributed by atoms with Crippen molar-refractivity contribution in [1.29, 1.82) is 0 Å². The molecular formula is C18H20CoN7-. The van der Waals surface area contributed by atoms with Crippen LogP contribution in [0.4, 0.5) is 5.95 Å². The van der Waals surface area contributed by atoms with Gasteiger partial charge in [0.25, 0.3) is 0 Å². The fourth-order valence-electron chi connectivity index (χ4n) is 3.30. The minimum Gasteiger partial charge on any atom is -0.350 e. The second-order valence-electron chi connectivity index (χ2n) is 6.81. The van der Waals surface area contributed by atoms with Crippen LogP contribution in [0.5, 0.6) is 0 Å². The van der Waals surface area contributed by atoms with Crippen LogP contribution in [-0.4, -0.2) is 43.7 Å². The molecular weight excluding hydrogens is 373 g/mol. The van der Waals surface area contributed by atoms with E-state index in [4.69, 9.17) is 5.10 Å². The number of piperidine rings is 1. The van der Waals surface area contributed by atoms with Gasteiger partial charge in [-0.15, -0.1) is 0 Å². The Bertz CT molecular complexity index is 899. The Morgan fingerprint density at radius 3 is 2.96 bits per heavy atom. The monoisotopic (exact) mass is 393 g/mol. The fourth-order valence-corrected chi connectivity index (χ4v) is 3.30. The van der Waals surface area contributed by atoms with Crippen molar-refractivity contribution in [1.82, 2.24) is 29.9 Å². The second-order valence-corrected chi connectivity index (χ2v) is 6.81. The largest absolute Gasteiger partial charge is 0.350 e. The fraction of sp³-hybridized carbons (Fsp3) is 0.444. The zero-order valence-electron chi connectivity index (χ0n) is 14.3. The van der Waals surface area contributed by atoms with Crippen LogP contribution >= 0.6 is 0 Å². The summed E-state index contributed by atoms with van der Waals surface area (Å²) >= 11 is 0. The summed E-state index contributed by atoms with van der Waals surface area (Å²) in [6, 6.07) is 7.45. The molecule has 3 aromatic rings. The van der Waals surface area contributed by atoms with E-state index in [1.165, 1.54) is 19.3 Å². The van der Waals surface area contributed by atoms with Crippen LogP contribution < -0.4 is 10.6 Å². The van der Waals surface area contributed by atoms with Gasteiger partial charge < -0.3 is 15.6 Å². The van der Waals surface area contributed by atoms with Crippen molar-refractivity contribution in [2.75, 3.05) is 18.4 Å². The maximum absolute atomic E-state index is 4.73. The van der Waals surface area contributed by atoms with Gasteiger partial charge in [-0.1, -0.05) is 0 Å². The van der Waals surface area contributed by atoms with Gasteiger partial charge in [-0.25, -0.2) is 21.1 Å². The molecule has 0 amide bonds. The molecule has 1 aliphatic carbocycles. The first-order chi connectivity index (χ1) is 12.4. The number of anilines is 1. The van der Waals surface area contributed by atoms with E-state index in [-0.39, 0.29) is 16.8 Å². The first kappa shape index (κ1) is 17.4. The van der Waals surface area contributed by atoms with Crippen LogP contribution in [0.3, 0.4) is 0 Å². The van der Waals surface area contributed by atoms with Crippen molar-refractivity contribution in [3.8, 4) is 11.4 Å². The quantitative estimate of drug-likeness (QED) is 0.661. The molecule has 1 aliphatic heterocycles. The van der Waals surface area contributed by atoms with Gasteiger partial charge in [-0.3, -0.25) is 4.52 Å². The number of hydrogen-bond donors (Lipinski definition) is 2. The first-order valence-electron chi connectivity index (χ1n) is 8.94. The zero-order valence-corrected chi connectivity index (χ0v) is 15.3. The second kappa shape index (κ2) is 7.30. The van der Waals surface area contributed by atoms with Crippen LogP contribution in [0.25, 0.3) is 17.0 Å². The average Bonchev–Trinajstić information content (AvgIpc) is 3.42. The SMILES string of the molecule is [Co].[c-]1cc2ncc(-c3ccnc(NC4CCCNC4)n3)n2nc1C1CC1. The Balaban J connectivity index is 0.00000168. The molecule has 8 heteroatoms. The van der Waals surface area contributed by atoms with Crippen LogP contribution in [-0.2, 0) is 16.8 Å². The maximum Gasteiger partial charge on any atom is 0.223 e. The summed E-state index contributed by atoms with van der Waals surface area (Å²) in [4.78, 5) is 13.5. The topological polar surface area (TPSA) is 80.0 Å². The minimum absolute atomic E-state index is 0. The van der Waals surface area contributed by atoms with Gasteiger partial charge in [0.15, 0.2) is 0 Å². The Hall–Kier alpha value is -2.03. The van der Waals surface area contributed by atoms with Crippen molar-refractivity contribution in [2.24, 2.45) is 0 Å². The average molecular weight is 393 g/mol. The van der Waals surface area contributed by atoms with E-state index in [0.717, 1.165) is 42.2 Å². The molecule has 1 atom stereocenters. The van der Waals surface area contributed by atoms with Gasteiger partial charge in [0, 0.05) is 47.4 Å². The van der Waals surface area contributed by atoms with Crippen LogP contribution in [0.1, 0.15) is 37.3 Å². The Morgan fingerprint density at radius 2 is 2.15 bits per heavy atom. The van der Waals surface area contributed by atoms with E-state index in [9.17, 15) is 0 Å². The van der Waals surface area contributed by atoms with Crippen LogP contribution in [0.2, 0.25) is 0 Å². The number of rotatable bonds is 4. The van der Waals surface area contributed by atoms with Crippen LogP contribution in [0, 0.1) is 6.07 Å². The van der Waals surface area contributed by atoms with Gasteiger partial charge in [-0.2, -0.15) is 6.07 Å². The predicted molar refractivity (Wildman–Crippen MR) is 94.3 cm³/mol. The smallest absolute Gasteiger partial charge is 0.223 e. The molecule has 137 valence electrons. The predicted octanol–water partition coefficient (Wildman–Crippen LogP) is 2.03.